The van der Waals surface area contributed by atoms with Crippen LogP contribution in [0.25, 0.3) is 0 Å². The maximum Gasteiger partial charge on any atom is 0.222 e. The van der Waals surface area contributed by atoms with Gasteiger partial charge >= 0.3 is 0 Å². The SMILES string of the molecule is CN(C)C(=O)CCCC=C1C[C@H]2C[C@@H](O)[C@H](C=C[C@@H](O)C3CCCC3)[C@H]2C1. The van der Waals surface area contributed by atoms with Crippen LogP contribution in [0.3, 0.4) is 0 Å². The molecule has 3 saturated carbocycles. The van der Waals surface area contributed by atoms with Gasteiger partial charge in [0, 0.05) is 26.4 Å². The lowest BCUT2D eigenvalue weighted by molar-refractivity contribution is -0.128. The van der Waals surface area contributed by atoms with E-state index in [4.69, 9.17) is 0 Å². The minimum Gasteiger partial charge on any atom is -0.392 e. The number of fused-ring (bicyclic) bond motifs is 1. The summed E-state index contributed by atoms with van der Waals surface area (Å²) in [7, 11) is 3.61. The van der Waals surface area contributed by atoms with Gasteiger partial charge in [-0.25, -0.2) is 0 Å². The van der Waals surface area contributed by atoms with Gasteiger partial charge in [0.05, 0.1) is 12.2 Å². The van der Waals surface area contributed by atoms with Crippen LogP contribution in [0.5, 0.6) is 0 Å². The molecule has 27 heavy (non-hydrogen) atoms. The summed E-state index contributed by atoms with van der Waals surface area (Å²) in [5.41, 5.74) is 1.50. The molecule has 3 aliphatic carbocycles. The van der Waals surface area contributed by atoms with Crippen molar-refractivity contribution < 1.29 is 15.0 Å². The van der Waals surface area contributed by atoms with Crippen molar-refractivity contribution in [3.05, 3.63) is 23.8 Å². The summed E-state index contributed by atoms with van der Waals surface area (Å²) >= 11 is 0. The quantitative estimate of drug-likeness (QED) is 0.527. The van der Waals surface area contributed by atoms with Crippen LogP contribution in [0.2, 0.25) is 0 Å². The van der Waals surface area contributed by atoms with Crippen molar-refractivity contribution in [1.82, 2.24) is 4.90 Å². The van der Waals surface area contributed by atoms with Crippen molar-refractivity contribution in [3.8, 4) is 0 Å². The molecule has 3 rings (SSSR count). The Morgan fingerprint density at radius 1 is 1.26 bits per heavy atom. The molecule has 0 saturated heterocycles. The molecule has 0 unspecified atom stereocenters. The van der Waals surface area contributed by atoms with Crippen LogP contribution in [-0.4, -0.2) is 47.3 Å². The van der Waals surface area contributed by atoms with Crippen molar-refractivity contribution in [1.29, 1.82) is 0 Å². The predicted octanol–water partition coefficient (Wildman–Crippen LogP) is 3.69. The molecule has 2 N–H and O–H groups in total. The van der Waals surface area contributed by atoms with E-state index in [-0.39, 0.29) is 24.0 Å². The van der Waals surface area contributed by atoms with E-state index >= 15 is 0 Å². The Kier molecular flexibility index (Phi) is 7.16. The Bertz CT molecular complexity index is 562. The smallest absolute Gasteiger partial charge is 0.222 e. The van der Waals surface area contributed by atoms with Crippen LogP contribution in [0.15, 0.2) is 23.8 Å². The Morgan fingerprint density at radius 3 is 2.70 bits per heavy atom. The molecule has 0 heterocycles. The lowest BCUT2D eigenvalue weighted by Crippen LogP contribution is -2.20. The first-order valence-corrected chi connectivity index (χ1v) is 10.9. The maximum absolute atomic E-state index is 11.6. The van der Waals surface area contributed by atoms with Gasteiger partial charge in [-0.3, -0.25) is 4.79 Å². The number of carbonyl (C=O) groups excluding carboxylic acids is 1. The summed E-state index contributed by atoms with van der Waals surface area (Å²) in [6.45, 7) is 0. The highest BCUT2D eigenvalue weighted by Crippen LogP contribution is 2.50. The topological polar surface area (TPSA) is 60.8 Å². The summed E-state index contributed by atoms with van der Waals surface area (Å²) in [5, 5.41) is 20.9. The van der Waals surface area contributed by atoms with Crippen LogP contribution in [-0.2, 0) is 4.79 Å². The molecule has 0 aromatic carbocycles. The highest BCUT2D eigenvalue weighted by Gasteiger charge is 2.45. The molecule has 0 radical (unpaired) electrons. The zero-order valence-corrected chi connectivity index (χ0v) is 17.0. The van der Waals surface area contributed by atoms with Crippen molar-refractivity contribution >= 4 is 5.91 Å². The van der Waals surface area contributed by atoms with Crippen LogP contribution in [0.4, 0.5) is 0 Å². The largest absolute Gasteiger partial charge is 0.392 e. The number of hydrogen-bond acceptors (Lipinski definition) is 3. The third-order valence-corrected chi connectivity index (χ3v) is 7.05. The number of nitrogens with zero attached hydrogens (tertiary/aromatic N) is 1. The number of carbonyl (C=O) groups is 1. The molecule has 0 bridgehead atoms. The van der Waals surface area contributed by atoms with Crippen LogP contribution >= 0.6 is 0 Å². The minimum atomic E-state index is -0.343. The van der Waals surface area contributed by atoms with E-state index in [0.29, 0.717) is 24.2 Å². The fourth-order valence-corrected chi connectivity index (χ4v) is 5.42. The van der Waals surface area contributed by atoms with Gasteiger partial charge in [0.2, 0.25) is 5.91 Å². The average molecular weight is 376 g/mol. The van der Waals surface area contributed by atoms with Gasteiger partial charge in [-0.05, 0) is 62.7 Å². The second-order valence-corrected chi connectivity index (χ2v) is 9.18. The van der Waals surface area contributed by atoms with Gasteiger partial charge in [-0.1, -0.05) is 36.6 Å². The van der Waals surface area contributed by atoms with Crippen LogP contribution < -0.4 is 0 Å². The maximum atomic E-state index is 11.6. The summed E-state index contributed by atoms with van der Waals surface area (Å²) in [4.78, 5) is 13.3. The third-order valence-electron chi connectivity index (χ3n) is 7.05. The first-order valence-electron chi connectivity index (χ1n) is 10.9. The Hall–Kier alpha value is -1.13. The number of unbranched alkanes of at least 4 members (excludes halogenated alkanes) is 1. The van der Waals surface area contributed by atoms with E-state index in [1.165, 1.54) is 18.4 Å². The zero-order valence-electron chi connectivity index (χ0n) is 17.0. The second-order valence-electron chi connectivity index (χ2n) is 9.18. The van der Waals surface area contributed by atoms with Gasteiger partial charge in [-0.15, -0.1) is 0 Å². The van der Waals surface area contributed by atoms with E-state index in [1.807, 2.05) is 20.2 Å². The van der Waals surface area contributed by atoms with Crippen molar-refractivity contribution in [2.24, 2.45) is 23.7 Å². The fourth-order valence-electron chi connectivity index (χ4n) is 5.42. The fraction of sp³-hybridized carbons (Fsp3) is 0.783. The van der Waals surface area contributed by atoms with Gasteiger partial charge in [0.1, 0.15) is 0 Å². The van der Waals surface area contributed by atoms with Crippen LogP contribution in [0.1, 0.15) is 64.2 Å². The number of amides is 1. The monoisotopic (exact) mass is 375 g/mol. The molecule has 3 fully saturated rings. The number of hydrogen-bond donors (Lipinski definition) is 2. The summed E-state index contributed by atoms with van der Waals surface area (Å²) in [6, 6.07) is 0. The average Bonchev–Trinajstić information content (AvgIpc) is 3.33. The highest BCUT2D eigenvalue weighted by molar-refractivity contribution is 5.75. The van der Waals surface area contributed by atoms with Crippen molar-refractivity contribution in [2.45, 2.75) is 76.4 Å². The van der Waals surface area contributed by atoms with E-state index in [9.17, 15) is 15.0 Å². The lowest BCUT2D eigenvalue weighted by atomic mass is 9.89. The second kappa shape index (κ2) is 9.38. The Morgan fingerprint density at radius 2 is 2.00 bits per heavy atom. The van der Waals surface area contributed by atoms with Crippen LogP contribution in [0, 0.1) is 23.7 Å². The van der Waals surface area contributed by atoms with Gasteiger partial charge < -0.3 is 15.1 Å². The summed E-state index contributed by atoms with van der Waals surface area (Å²) in [6.07, 6.45) is 16.1. The highest BCUT2D eigenvalue weighted by atomic mass is 16.3. The molecule has 0 aliphatic heterocycles. The lowest BCUT2D eigenvalue weighted by Gasteiger charge is -2.19. The van der Waals surface area contributed by atoms with E-state index in [1.54, 1.807) is 4.90 Å². The number of rotatable bonds is 7. The Balaban J connectivity index is 1.49. The van der Waals surface area contributed by atoms with Gasteiger partial charge in [0.15, 0.2) is 0 Å². The molecule has 0 spiro atoms. The zero-order chi connectivity index (χ0) is 19.4. The molecule has 0 aromatic rings. The summed E-state index contributed by atoms with van der Waals surface area (Å²) in [5.74, 6) is 1.90. The number of aliphatic hydroxyl groups excluding tert-OH is 2. The number of aliphatic hydroxyl groups is 2. The molecule has 4 heteroatoms. The van der Waals surface area contributed by atoms with E-state index < -0.39 is 0 Å². The minimum absolute atomic E-state index is 0.187. The van der Waals surface area contributed by atoms with Gasteiger partial charge in [-0.2, -0.15) is 0 Å². The molecule has 0 aromatic heterocycles. The standard InChI is InChI=1S/C23H37NO3/c1-24(2)23(27)10-6-3-7-16-13-18-15-22(26)19(20(18)14-16)11-12-21(25)17-8-4-5-9-17/h7,11-12,17-22,25-26H,3-6,8-10,13-15H2,1-2H3/t18-,19+,20-,21+,22+/m0/s1. The van der Waals surface area contributed by atoms with Gasteiger partial charge in [0.25, 0.3) is 0 Å². The molecule has 1 amide bonds. The van der Waals surface area contributed by atoms with Crippen molar-refractivity contribution in [3.63, 3.8) is 0 Å². The summed E-state index contributed by atoms with van der Waals surface area (Å²) < 4.78 is 0. The van der Waals surface area contributed by atoms with E-state index in [0.717, 1.165) is 44.9 Å². The van der Waals surface area contributed by atoms with E-state index in [2.05, 4.69) is 12.2 Å². The molecule has 5 atom stereocenters. The molecular formula is C23H37NO3. The molecule has 3 aliphatic rings. The molecular weight excluding hydrogens is 338 g/mol. The first kappa shape index (κ1) is 20.6. The first-order chi connectivity index (χ1) is 13.0. The number of allylic oxidation sites excluding steroid dienone is 2. The third kappa shape index (κ3) is 5.23. The normalized spacial score (nSPS) is 33.9. The molecule has 152 valence electrons. The van der Waals surface area contributed by atoms with Crippen molar-refractivity contribution in [2.75, 3.05) is 14.1 Å². The predicted molar refractivity (Wildman–Crippen MR) is 108 cm³/mol. The molecule has 4 nitrogen and oxygen atoms in total. The Labute approximate surface area is 164 Å².